The molecule has 0 saturated carbocycles. The number of likely N-dealkylation sites (N-methyl/N-ethyl adjacent to an activating group) is 1. The number of nitrogens with zero attached hydrogens (tertiary/aromatic N) is 1. The Morgan fingerprint density at radius 1 is 1.44 bits per heavy atom. The molecule has 0 aromatic heterocycles. The summed E-state index contributed by atoms with van der Waals surface area (Å²) in [6.07, 6.45) is 0.243. The SMILES string of the molecule is COCC(Cl)CN(C)C(=O)Cc1ccc(F)cc1. The van der Waals surface area contributed by atoms with Crippen molar-refractivity contribution in [1.82, 2.24) is 4.90 Å². The fraction of sp³-hybridized carbons (Fsp3) is 0.462. The normalized spacial score (nSPS) is 12.2. The van der Waals surface area contributed by atoms with Crippen LogP contribution in [0.5, 0.6) is 0 Å². The smallest absolute Gasteiger partial charge is 0.226 e. The number of hydrogen-bond donors (Lipinski definition) is 0. The highest BCUT2D eigenvalue weighted by atomic mass is 35.5. The molecule has 1 aromatic carbocycles. The predicted octanol–water partition coefficient (Wildman–Crippen LogP) is 2.08. The van der Waals surface area contributed by atoms with Crippen molar-refractivity contribution in [3.8, 4) is 0 Å². The van der Waals surface area contributed by atoms with Crippen LogP contribution in [-0.4, -0.2) is 43.5 Å². The van der Waals surface area contributed by atoms with Crippen LogP contribution in [0.15, 0.2) is 24.3 Å². The zero-order valence-corrected chi connectivity index (χ0v) is 11.3. The Labute approximate surface area is 111 Å². The van der Waals surface area contributed by atoms with Gasteiger partial charge in [0.25, 0.3) is 0 Å². The third-order valence-corrected chi connectivity index (χ3v) is 2.78. The highest BCUT2D eigenvalue weighted by Crippen LogP contribution is 2.06. The van der Waals surface area contributed by atoms with Gasteiger partial charge in [-0.3, -0.25) is 4.79 Å². The lowest BCUT2D eigenvalue weighted by Gasteiger charge is -2.20. The molecule has 0 radical (unpaired) electrons. The number of halogens is 2. The van der Waals surface area contributed by atoms with E-state index in [9.17, 15) is 9.18 Å². The molecule has 3 nitrogen and oxygen atoms in total. The molecule has 0 spiro atoms. The van der Waals surface area contributed by atoms with E-state index in [1.807, 2.05) is 0 Å². The first-order valence-electron chi connectivity index (χ1n) is 5.64. The van der Waals surface area contributed by atoms with Crippen LogP contribution < -0.4 is 0 Å². The van der Waals surface area contributed by atoms with Crippen LogP contribution in [0.3, 0.4) is 0 Å². The molecule has 1 amide bonds. The van der Waals surface area contributed by atoms with Gasteiger partial charge in [0.2, 0.25) is 5.91 Å². The van der Waals surface area contributed by atoms with Crippen LogP contribution in [0.25, 0.3) is 0 Å². The average molecular weight is 274 g/mol. The molecule has 0 N–H and O–H groups in total. The van der Waals surface area contributed by atoms with Gasteiger partial charge < -0.3 is 9.64 Å². The van der Waals surface area contributed by atoms with Crippen molar-refractivity contribution in [3.05, 3.63) is 35.6 Å². The van der Waals surface area contributed by atoms with Gasteiger partial charge in [-0.1, -0.05) is 12.1 Å². The fourth-order valence-corrected chi connectivity index (χ4v) is 1.88. The summed E-state index contributed by atoms with van der Waals surface area (Å²) in [6.45, 7) is 0.825. The standard InChI is InChI=1S/C13H17ClFNO2/c1-16(8-11(14)9-18-2)13(17)7-10-3-5-12(15)6-4-10/h3-6,11H,7-9H2,1-2H3. The van der Waals surface area contributed by atoms with Gasteiger partial charge in [-0.15, -0.1) is 11.6 Å². The molecule has 0 aliphatic rings. The zero-order valence-electron chi connectivity index (χ0n) is 10.5. The number of amides is 1. The molecule has 1 unspecified atom stereocenters. The molecule has 0 saturated heterocycles. The van der Waals surface area contributed by atoms with E-state index in [0.717, 1.165) is 5.56 Å². The molecule has 0 aliphatic carbocycles. The Morgan fingerprint density at radius 3 is 2.61 bits per heavy atom. The monoisotopic (exact) mass is 273 g/mol. The molecule has 0 heterocycles. The van der Waals surface area contributed by atoms with E-state index in [0.29, 0.717) is 13.2 Å². The van der Waals surface area contributed by atoms with E-state index in [1.165, 1.54) is 12.1 Å². The Kier molecular flexibility index (Phi) is 6.09. The van der Waals surface area contributed by atoms with Crippen LogP contribution in [0.2, 0.25) is 0 Å². The fourth-order valence-electron chi connectivity index (χ4n) is 1.54. The first-order valence-corrected chi connectivity index (χ1v) is 6.08. The predicted molar refractivity (Wildman–Crippen MR) is 69.3 cm³/mol. The van der Waals surface area contributed by atoms with Crippen LogP contribution in [0.4, 0.5) is 4.39 Å². The number of hydrogen-bond acceptors (Lipinski definition) is 2. The molecule has 0 fully saturated rings. The van der Waals surface area contributed by atoms with Gasteiger partial charge in [-0.25, -0.2) is 4.39 Å². The van der Waals surface area contributed by atoms with Gasteiger partial charge in [-0.05, 0) is 17.7 Å². The van der Waals surface area contributed by atoms with Gasteiger partial charge >= 0.3 is 0 Å². The second-order valence-corrected chi connectivity index (χ2v) is 4.75. The Hall–Kier alpha value is -1.13. The lowest BCUT2D eigenvalue weighted by Crippen LogP contribution is -2.34. The van der Waals surface area contributed by atoms with Crippen LogP contribution in [-0.2, 0) is 16.0 Å². The maximum absolute atomic E-state index is 12.7. The summed E-state index contributed by atoms with van der Waals surface area (Å²) in [5.74, 6) is -0.358. The number of alkyl halides is 1. The van der Waals surface area contributed by atoms with Crippen molar-refractivity contribution >= 4 is 17.5 Å². The number of benzene rings is 1. The summed E-state index contributed by atoms with van der Waals surface area (Å²) in [5, 5.41) is -0.225. The lowest BCUT2D eigenvalue weighted by molar-refractivity contribution is -0.129. The van der Waals surface area contributed by atoms with Crippen molar-refractivity contribution in [3.63, 3.8) is 0 Å². The van der Waals surface area contributed by atoms with Crippen molar-refractivity contribution < 1.29 is 13.9 Å². The Bertz CT molecular complexity index is 383. The minimum Gasteiger partial charge on any atom is -0.383 e. The Balaban J connectivity index is 2.46. The molecule has 1 rings (SSSR count). The van der Waals surface area contributed by atoms with Crippen molar-refractivity contribution in [2.24, 2.45) is 0 Å². The van der Waals surface area contributed by atoms with Gasteiger partial charge in [0, 0.05) is 20.7 Å². The summed E-state index contributed by atoms with van der Waals surface area (Å²) in [5.41, 5.74) is 0.783. The number of methoxy groups -OCH3 is 1. The second-order valence-electron chi connectivity index (χ2n) is 4.13. The Morgan fingerprint density at radius 2 is 2.06 bits per heavy atom. The summed E-state index contributed by atoms with van der Waals surface area (Å²) in [6, 6.07) is 5.90. The van der Waals surface area contributed by atoms with Crippen molar-refractivity contribution in [1.29, 1.82) is 0 Å². The van der Waals surface area contributed by atoms with Gasteiger partial charge in [0.05, 0.1) is 18.4 Å². The van der Waals surface area contributed by atoms with Gasteiger partial charge in [0.1, 0.15) is 5.82 Å². The van der Waals surface area contributed by atoms with E-state index in [-0.39, 0.29) is 23.5 Å². The second kappa shape index (κ2) is 7.34. The minimum atomic E-state index is -0.305. The number of rotatable bonds is 6. The molecule has 1 aromatic rings. The molecular formula is C13H17ClFNO2. The molecule has 18 heavy (non-hydrogen) atoms. The highest BCUT2D eigenvalue weighted by molar-refractivity contribution is 6.21. The number of ether oxygens (including phenoxy) is 1. The van der Waals surface area contributed by atoms with Crippen LogP contribution >= 0.6 is 11.6 Å². The first kappa shape index (κ1) is 14.9. The summed E-state index contributed by atoms with van der Waals surface area (Å²) in [7, 11) is 3.26. The minimum absolute atomic E-state index is 0.0524. The van der Waals surface area contributed by atoms with E-state index in [2.05, 4.69) is 0 Å². The van der Waals surface area contributed by atoms with E-state index < -0.39 is 0 Å². The quantitative estimate of drug-likeness (QED) is 0.743. The maximum atomic E-state index is 12.7. The van der Waals surface area contributed by atoms with Gasteiger partial charge in [-0.2, -0.15) is 0 Å². The van der Waals surface area contributed by atoms with Crippen LogP contribution in [0.1, 0.15) is 5.56 Å². The maximum Gasteiger partial charge on any atom is 0.226 e. The van der Waals surface area contributed by atoms with Gasteiger partial charge in [0.15, 0.2) is 0 Å². The molecule has 5 heteroatoms. The summed E-state index contributed by atoms with van der Waals surface area (Å²) in [4.78, 5) is 13.4. The summed E-state index contributed by atoms with van der Waals surface area (Å²) < 4.78 is 17.6. The van der Waals surface area contributed by atoms with Crippen LogP contribution in [0, 0.1) is 5.82 Å². The third-order valence-electron chi connectivity index (χ3n) is 2.51. The van der Waals surface area contributed by atoms with Crippen molar-refractivity contribution in [2.45, 2.75) is 11.8 Å². The topological polar surface area (TPSA) is 29.5 Å². The molecule has 0 bridgehead atoms. The highest BCUT2D eigenvalue weighted by Gasteiger charge is 2.14. The number of carbonyl (C=O) groups excluding carboxylic acids is 1. The summed E-state index contributed by atoms with van der Waals surface area (Å²) >= 11 is 5.98. The number of carbonyl (C=O) groups is 1. The zero-order chi connectivity index (χ0) is 13.5. The van der Waals surface area contributed by atoms with E-state index >= 15 is 0 Å². The van der Waals surface area contributed by atoms with E-state index in [4.69, 9.17) is 16.3 Å². The first-order chi connectivity index (χ1) is 8.52. The molecule has 100 valence electrons. The molecular weight excluding hydrogens is 257 g/mol. The molecule has 0 aliphatic heterocycles. The van der Waals surface area contributed by atoms with E-state index in [1.54, 1.807) is 31.2 Å². The molecule has 1 atom stereocenters. The average Bonchev–Trinajstić information content (AvgIpc) is 2.32. The van der Waals surface area contributed by atoms with Crippen molar-refractivity contribution in [2.75, 3.05) is 27.3 Å². The third kappa shape index (κ3) is 5.02. The lowest BCUT2D eigenvalue weighted by atomic mass is 10.1. The largest absolute Gasteiger partial charge is 0.383 e.